The maximum absolute atomic E-state index is 13.0. The van der Waals surface area contributed by atoms with E-state index in [9.17, 15) is 26.7 Å². The second-order valence-electron chi connectivity index (χ2n) is 6.19. The molecule has 0 amide bonds. The zero-order chi connectivity index (χ0) is 17.5. The van der Waals surface area contributed by atoms with Gasteiger partial charge in [0.2, 0.25) is 10.0 Å². The van der Waals surface area contributed by atoms with Crippen molar-refractivity contribution >= 4 is 10.0 Å². The van der Waals surface area contributed by atoms with E-state index in [1.807, 2.05) is 0 Å². The molecule has 0 spiro atoms. The van der Waals surface area contributed by atoms with E-state index in [2.05, 4.69) is 4.74 Å². The fourth-order valence-electron chi connectivity index (χ4n) is 3.69. The molecule has 9 heteroatoms. The molecular formula is C15H18F3NO4S. The van der Waals surface area contributed by atoms with Gasteiger partial charge in [-0.3, -0.25) is 0 Å². The lowest BCUT2D eigenvalue weighted by Gasteiger charge is -2.46. The normalized spacial score (nSPS) is 28.6. The van der Waals surface area contributed by atoms with E-state index < -0.39 is 45.2 Å². The number of benzene rings is 1. The number of sulfonamides is 1. The van der Waals surface area contributed by atoms with Gasteiger partial charge in [-0.2, -0.15) is 4.31 Å². The van der Waals surface area contributed by atoms with Crippen LogP contribution in [0.1, 0.15) is 32.1 Å². The molecule has 134 valence electrons. The van der Waals surface area contributed by atoms with Crippen LogP contribution >= 0.6 is 0 Å². The predicted molar refractivity (Wildman–Crippen MR) is 78.8 cm³/mol. The van der Waals surface area contributed by atoms with Crippen molar-refractivity contribution in [3.63, 3.8) is 0 Å². The van der Waals surface area contributed by atoms with E-state index in [0.717, 1.165) is 18.6 Å². The van der Waals surface area contributed by atoms with E-state index >= 15 is 0 Å². The van der Waals surface area contributed by atoms with Gasteiger partial charge in [0.1, 0.15) is 10.6 Å². The summed E-state index contributed by atoms with van der Waals surface area (Å²) in [5, 5.41) is 9.88. The molecule has 1 N–H and O–H groups in total. The Labute approximate surface area is 138 Å². The monoisotopic (exact) mass is 365 g/mol. The lowest BCUT2D eigenvalue weighted by Crippen LogP contribution is -2.55. The molecular weight excluding hydrogens is 347 g/mol. The summed E-state index contributed by atoms with van der Waals surface area (Å²) in [6.07, 6.45) is -2.91. The number of aliphatic hydroxyl groups is 1. The summed E-state index contributed by atoms with van der Waals surface area (Å²) >= 11 is 0. The maximum Gasteiger partial charge on any atom is 0.573 e. The third-order valence-electron chi connectivity index (χ3n) is 4.51. The van der Waals surface area contributed by atoms with Gasteiger partial charge in [-0.1, -0.05) is 18.6 Å². The van der Waals surface area contributed by atoms with Gasteiger partial charge in [0.25, 0.3) is 0 Å². The summed E-state index contributed by atoms with van der Waals surface area (Å²) in [6, 6.07) is 3.99. The minimum absolute atomic E-state index is 0.304. The molecule has 3 atom stereocenters. The van der Waals surface area contributed by atoms with Crippen LogP contribution in [-0.2, 0) is 10.0 Å². The second-order valence-corrected chi connectivity index (χ2v) is 8.00. The third-order valence-corrected chi connectivity index (χ3v) is 6.56. The molecule has 0 aliphatic carbocycles. The highest BCUT2D eigenvalue weighted by Crippen LogP contribution is 2.40. The van der Waals surface area contributed by atoms with Crippen molar-refractivity contribution in [3.05, 3.63) is 24.3 Å². The Balaban J connectivity index is 2.00. The zero-order valence-corrected chi connectivity index (χ0v) is 13.6. The highest BCUT2D eigenvalue weighted by molar-refractivity contribution is 7.89. The fourth-order valence-corrected chi connectivity index (χ4v) is 5.70. The van der Waals surface area contributed by atoms with Crippen molar-refractivity contribution in [2.45, 2.75) is 61.5 Å². The summed E-state index contributed by atoms with van der Waals surface area (Å²) < 4.78 is 68.9. The van der Waals surface area contributed by atoms with Crippen LogP contribution in [0.2, 0.25) is 0 Å². The average molecular weight is 365 g/mol. The number of ether oxygens (including phenoxy) is 1. The smallest absolute Gasteiger partial charge is 0.404 e. The highest BCUT2D eigenvalue weighted by Gasteiger charge is 2.46. The number of hydrogen-bond acceptors (Lipinski definition) is 4. The maximum atomic E-state index is 13.0. The quantitative estimate of drug-likeness (QED) is 0.894. The van der Waals surface area contributed by atoms with Gasteiger partial charge in [-0.05, 0) is 37.8 Å². The van der Waals surface area contributed by atoms with E-state index in [0.29, 0.717) is 25.7 Å². The van der Waals surface area contributed by atoms with Crippen LogP contribution in [0.4, 0.5) is 13.2 Å². The molecule has 5 nitrogen and oxygen atoms in total. The van der Waals surface area contributed by atoms with Crippen LogP contribution < -0.4 is 4.74 Å². The van der Waals surface area contributed by atoms with Gasteiger partial charge in [-0.15, -0.1) is 13.2 Å². The molecule has 0 aromatic heterocycles. The Morgan fingerprint density at radius 2 is 1.71 bits per heavy atom. The minimum Gasteiger partial charge on any atom is -0.404 e. The third kappa shape index (κ3) is 3.38. The molecule has 3 rings (SSSR count). The molecule has 1 unspecified atom stereocenters. The van der Waals surface area contributed by atoms with E-state index in [-0.39, 0.29) is 0 Å². The number of piperidine rings is 2. The van der Waals surface area contributed by atoms with Gasteiger partial charge >= 0.3 is 6.36 Å². The van der Waals surface area contributed by atoms with Gasteiger partial charge < -0.3 is 9.84 Å². The van der Waals surface area contributed by atoms with Crippen molar-refractivity contribution < 1.29 is 31.4 Å². The Hall–Kier alpha value is -1.32. The van der Waals surface area contributed by atoms with Gasteiger partial charge in [-0.25, -0.2) is 8.42 Å². The molecule has 0 saturated carbocycles. The first-order chi connectivity index (χ1) is 11.2. The van der Waals surface area contributed by atoms with Gasteiger partial charge in [0, 0.05) is 12.1 Å². The first-order valence-corrected chi connectivity index (χ1v) is 9.19. The first kappa shape index (κ1) is 17.5. The summed E-state index contributed by atoms with van der Waals surface area (Å²) in [5.41, 5.74) is 0. The number of hydrogen-bond donors (Lipinski definition) is 1. The number of rotatable bonds is 3. The van der Waals surface area contributed by atoms with Crippen LogP contribution in [-0.4, -0.2) is 42.4 Å². The molecule has 1 aromatic rings. The van der Waals surface area contributed by atoms with Crippen molar-refractivity contribution in [1.82, 2.24) is 4.31 Å². The molecule has 2 aliphatic rings. The van der Waals surface area contributed by atoms with Crippen molar-refractivity contribution in [2.24, 2.45) is 0 Å². The molecule has 24 heavy (non-hydrogen) atoms. The van der Waals surface area contributed by atoms with Gasteiger partial charge in [0.15, 0.2) is 0 Å². The largest absolute Gasteiger partial charge is 0.573 e. The van der Waals surface area contributed by atoms with E-state index in [4.69, 9.17) is 0 Å². The standard InChI is InChI=1S/C15H18F3NO4S/c16-15(17,18)23-13-6-1-2-7-14(13)24(21,22)19-10-4-3-5-11(19)9-12(20)8-10/h1-2,6-7,10-12,20H,3-5,8-9H2/t10-,11+,12?. The topological polar surface area (TPSA) is 66.8 Å². The van der Waals surface area contributed by atoms with E-state index in [1.54, 1.807) is 0 Å². The number of para-hydroxylation sites is 1. The molecule has 2 bridgehead atoms. The van der Waals surface area contributed by atoms with Crippen LogP contribution in [0.25, 0.3) is 0 Å². The number of fused-ring (bicyclic) bond motifs is 2. The average Bonchev–Trinajstić information content (AvgIpc) is 2.44. The lowest BCUT2D eigenvalue weighted by molar-refractivity contribution is -0.275. The van der Waals surface area contributed by atoms with Crippen molar-refractivity contribution in [1.29, 1.82) is 0 Å². The summed E-state index contributed by atoms with van der Waals surface area (Å²) in [7, 11) is -4.15. The number of aliphatic hydroxyl groups excluding tert-OH is 1. The molecule has 0 radical (unpaired) electrons. The number of alkyl halides is 3. The lowest BCUT2D eigenvalue weighted by atomic mass is 9.85. The zero-order valence-electron chi connectivity index (χ0n) is 12.7. The van der Waals surface area contributed by atoms with E-state index in [1.165, 1.54) is 16.4 Å². The molecule has 2 saturated heterocycles. The number of halogens is 3. The fraction of sp³-hybridized carbons (Fsp3) is 0.600. The SMILES string of the molecule is O=S(=O)(c1ccccc1OC(F)(F)F)N1[C@@H]2CCC[C@H]1CC(O)C2. The Morgan fingerprint density at radius 3 is 2.29 bits per heavy atom. The Kier molecular flexibility index (Phi) is 4.52. The van der Waals surface area contributed by atoms with Crippen LogP contribution in [0.15, 0.2) is 29.2 Å². The summed E-state index contributed by atoms with van der Waals surface area (Å²) in [4.78, 5) is -0.490. The summed E-state index contributed by atoms with van der Waals surface area (Å²) in [6.45, 7) is 0. The van der Waals surface area contributed by atoms with Crippen molar-refractivity contribution in [2.75, 3.05) is 0 Å². The highest BCUT2D eigenvalue weighted by atomic mass is 32.2. The molecule has 2 fully saturated rings. The predicted octanol–water partition coefficient (Wildman–Crippen LogP) is 2.65. The van der Waals surface area contributed by atoms with Crippen LogP contribution in [0.3, 0.4) is 0 Å². The summed E-state index contributed by atoms with van der Waals surface area (Å²) in [5.74, 6) is -0.728. The second kappa shape index (κ2) is 6.20. The van der Waals surface area contributed by atoms with Gasteiger partial charge in [0.05, 0.1) is 6.10 Å². The molecule has 2 heterocycles. The Morgan fingerprint density at radius 1 is 1.12 bits per heavy atom. The molecule has 2 aliphatic heterocycles. The number of nitrogens with zero attached hydrogens (tertiary/aromatic N) is 1. The van der Waals surface area contributed by atoms with Crippen LogP contribution in [0, 0.1) is 0 Å². The van der Waals surface area contributed by atoms with Crippen LogP contribution in [0.5, 0.6) is 5.75 Å². The Bertz CT molecular complexity index is 693. The first-order valence-electron chi connectivity index (χ1n) is 7.75. The van der Waals surface area contributed by atoms with Crippen molar-refractivity contribution in [3.8, 4) is 5.75 Å². The minimum atomic E-state index is -4.97. The molecule has 1 aromatic carbocycles.